The molecule has 2 heterocycles. The Morgan fingerprint density at radius 2 is 1.63 bits per heavy atom. The molecule has 1 N–H and O–H groups in total. The second-order valence-electron chi connectivity index (χ2n) is 7.09. The molecule has 6 nitrogen and oxygen atoms in total. The van der Waals surface area contributed by atoms with Gasteiger partial charge < -0.3 is 10.2 Å². The Morgan fingerprint density at radius 3 is 2.33 bits per heavy atom. The number of amides is 1. The van der Waals surface area contributed by atoms with Gasteiger partial charge in [0.1, 0.15) is 0 Å². The zero-order valence-electron chi connectivity index (χ0n) is 15.3. The topological polar surface area (TPSA) is 69.7 Å². The molecule has 1 amide bonds. The van der Waals surface area contributed by atoms with E-state index in [1.54, 1.807) is 16.4 Å². The zero-order valence-corrected chi connectivity index (χ0v) is 16.1. The van der Waals surface area contributed by atoms with Gasteiger partial charge in [-0.2, -0.15) is 4.31 Å². The van der Waals surface area contributed by atoms with Crippen LogP contribution >= 0.6 is 0 Å². The lowest BCUT2D eigenvalue weighted by molar-refractivity contribution is -0.116. The molecule has 2 aromatic carbocycles. The maximum atomic E-state index is 12.8. The highest BCUT2D eigenvalue weighted by Gasteiger charge is 2.28. The average Bonchev–Trinajstić information content (AvgIpc) is 2.68. The van der Waals surface area contributed by atoms with Crippen molar-refractivity contribution in [2.75, 3.05) is 36.4 Å². The van der Waals surface area contributed by atoms with Crippen molar-refractivity contribution in [2.45, 2.75) is 24.7 Å². The molecular formula is C20H23N3O3S. The molecule has 7 heteroatoms. The summed E-state index contributed by atoms with van der Waals surface area (Å²) in [6.07, 6.45) is 1.26. The summed E-state index contributed by atoms with van der Waals surface area (Å²) in [7, 11) is -3.45. The predicted octanol–water partition coefficient (Wildman–Crippen LogP) is 2.39. The number of aryl methyl sites for hydroxylation is 2. The minimum atomic E-state index is -3.45. The number of rotatable bonds is 3. The van der Waals surface area contributed by atoms with Gasteiger partial charge in [0.2, 0.25) is 15.9 Å². The summed E-state index contributed by atoms with van der Waals surface area (Å²) in [5.74, 6) is 0.0603. The molecule has 0 unspecified atom stereocenters. The molecule has 1 fully saturated rings. The van der Waals surface area contributed by atoms with Gasteiger partial charge in [0, 0.05) is 44.0 Å². The smallest absolute Gasteiger partial charge is 0.243 e. The molecule has 27 heavy (non-hydrogen) atoms. The van der Waals surface area contributed by atoms with Gasteiger partial charge in [0.05, 0.1) is 4.90 Å². The van der Waals surface area contributed by atoms with E-state index in [0.717, 1.165) is 28.9 Å². The number of fused-ring (bicyclic) bond motifs is 1. The monoisotopic (exact) mass is 385 g/mol. The van der Waals surface area contributed by atoms with Crippen LogP contribution in [0.4, 0.5) is 11.4 Å². The van der Waals surface area contributed by atoms with Crippen molar-refractivity contribution in [1.29, 1.82) is 0 Å². The first-order chi connectivity index (χ1) is 12.9. The van der Waals surface area contributed by atoms with E-state index in [9.17, 15) is 13.2 Å². The predicted molar refractivity (Wildman–Crippen MR) is 106 cm³/mol. The number of benzene rings is 2. The van der Waals surface area contributed by atoms with Crippen LogP contribution in [0.15, 0.2) is 47.4 Å². The number of piperazine rings is 1. The van der Waals surface area contributed by atoms with E-state index in [1.165, 1.54) is 0 Å². The number of sulfonamides is 1. The molecule has 0 aromatic heterocycles. The van der Waals surface area contributed by atoms with Crippen LogP contribution in [0, 0.1) is 6.92 Å². The van der Waals surface area contributed by atoms with Crippen LogP contribution in [0.1, 0.15) is 17.5 Å². The molecule has 0 radical (unpaired) electrons. The lowest BCUT2D eigenvalue weighted by atomic mass is 10.0. The Bertz CT molecular complexity index is 962. The molecular weight excluding hydrogens is 362 g/mol. The molecule has 1 saturated heterocycles. The van der Waals surface area contributed by atoms with Crippen LogP contribution in [-0.4, -0.2) is 44.8 Å². The summed E-state index contributed by atoms with van der Waals surface area (Å²) >= 11 is 0. The second kappa shape index (κ2) is 6.98. The Balaban J connectivity index is 1.46. The summed E-state index contributed by atoms with van der Waals surface area (Å²) in [5.41, 5.74) is 4.15. The number of nitrogens with one attached hydrogen (secondary N) is 1. The highest BCUT2D eigenvalue weighted by atomic mass is 32.2. The fourth-order valence-electron chi connectivity index (χ4n) is 3.61. The van der Waals surface area contributed by atoms with Crippen LogP contribution < -0.4 is 10.2 Å². The molecule has 4 rings (SSSR count). The Kier molecular flexibility index (Phi) is 4.65. The molecule has 0 spiro atoms. The highest BCUT2D eigenvalue weighted by Crippen LogP contribution is 2.28. The lowest BCUT2D eigenvalue weighted by Crippen LogP contribution is -2.48. The van der Waals surface area contributed by atoms with Crippen LogP contribution in [0.2, 0.25) is 0 Å². The van der Waals surface area contributed by atoms with E-state index in [2.05, 4.69) is 16.3 Å². The quantitative estimate of drug-likeness (QED) is 0.881. The van der Waals surface area contributed by atoms with Gasteiger partial charge in [-0.1, -0.05) is 17.7 Å². The number of anilines is 2. The van der Waals surface area contributed by atoms with E-state index in [0.29, 0.717) is 37.5 Å². The van der Waals surface area contributed by atoms with Crippen molar-refractivity contribution in [2.24, 2.45) is 0 Å². The number of nitrogens with zero attached hydrogens (tertiary/aromatic N) is 2. The average molecular weight is 385 g/mol. The van der Waals surface area contributed by atoms with E-state index in [-0.39, 0.29) is 5.91 Å². The molecule has 2 aliphatic rings. The van der Waals surface area contributed by atoms with Gasteiger partial charge in [-0.25, -0.2) is 8.42 Å². The number of carbonyl (C=O) groups excluding carboxylic acids is 1. The SMILES string of the molecule is Cc1ccc(S(=O)(=O)N2CCN(c3ccc4c(c3)CCC(=O)N4)CC2)cc1. The maximum Gasteiger partial charge on any atom is 0.243 e. The second-order valence-corrected chi connectivity index (χ2v) is 9.03. The van der Waals surface area contributed by atoms with Crippen LogP contribution in [0.5, 0.6) is 0 Å². The zero-order chi connectivity index (χ0) is 19.0. The molecule has 0 atom stereocenters. The lowest BCUT2D eigenvalue weighted by Gasteiger charge is -2.36. The third kappa shape index (κ3) is 3.57. The van der Waals surface area contributed by atoms with E-state index in [1.807, 2.05) is 31.2 Å². The van der Waals surface area contributed by atoms with Crippen molar-refractivity contribution in [3.63, 3.8) is 0 Å². The third-order valence-corrected chi connectivity index (χ3v) is 7.16. The van der Waals surface area contributed by atoms with Crippen LogP contribution in [0.3, 0.4) is 0 Å². The van der Waals surface area contributed by atoms with Gasteiger partial charge in [-0.05, 0) is 49.2 Å². The highest BCUT2D eigenvalue weighted by molar-refractivity contribution is 7.89. The van der Waals surface area contributed by atoms with Crippen LogP contribution in [0.25, 0.3) is 0 Å². The first kappa shape index (κ1) is 18.0. The van der Waals surface area contributed by atoms with Crippen LogP contribution in [-0.2, 0) is 21.2 Å². The van der Waals surface area contributed by atoms with Gasteiger partial charge in [-0.15, -0.1) is 0 Å². The van der Waals surface area contributed by atoms with E-state index < -0.39 is 10.0 Å². The standard InChI is InChI=1S/C20H23N3O3S/c1-15-2-6-18(7-3-15)27(25,26)23-12-10-22(11-13-23)17-5-8-19-16(14-17)4-9-20(24)21-19/h2-3,5-8,14H,4,9-13H2,1H3,(H,21,24). The fraction of sp³-hybridized carbons (Fsp3) is 0.350. The summed E-state index contributed by atoms with van der Waals surface area (Å²) < 4.78 is 27.2. The van der Waals surface area contributed by atoms with Crippen molar-refractivity contribution >= 4 is 27.3 Å². The van der Waals surface area contributed by atoms with Gasteiger partial charge >= 0.3 is 0 Å². The minimum Gasteiger partial charge on any atom is -0.369 e. The number of hydrogen-bond acceptors (Lipinski definition) is 4. The van der Waals surface area contributed by atoms with Crippen molar-refractivity contribution < 1.29 is 13.2 Å². The Labute approximate surface area is 159 Å². The van der Waals surface area contributed by atoms with Crippen molar-refractivity contribution in [3.05, 3.63) is 53.6 Å². The summed E-state index contributed by atoms with van der Waals surface area (Å²) in [4.78, 5) is 14.1. The first-order valence-corrected chi connectivity index (χ1v) is 10.6. The molecule has 2 aromatic rings. The fourth-order valence-corrected chi connectivity index (χ4v) is 5.03. The largest absolute Gasteiger partial charge is 0.369 e. The van der Waals surface area contributed by atoms with Gasteiger partial charge in [-0.3, -0.25) is 4.79 Å². The first-order valence-electron chi connectivity index (χ1n) is 9.18. The molecule has 0 bridgehead atoms. The van der Waals surface area contributed by atoms with Crippen molar-refractivity contribution in [3.8, 4) is 0 Å². The third-order valence-electron chi connectivity index (χ3n) is 5.25. The van der Waals surface area contributed by atoms with E-state index >= 15 is 0 Å². The molecule has 142 valence electrons. The molecule has 2 aliphatic heterocycles. The molecule has 0 aliphatic carbocycles. The maximum absolute atomic E-state index is 12.8. The number of hydrogen-bond donors (Lipinski definition) is 1. The minimum absolute atomic E-state index is 0.0603. The van der Waals surface area contributed by atoms with Gasteiger partial charge in [0.25, 0.3) is 0 Å². The normalized spacial score (nSPS) is 18.1. The summed E-state index contributed by atoms with van der Waals surface area (Å²) in [6, 6.07) is 13.1. The Hall–Kier alpha value is -2.38. The van der Waals surface area contributed by atoms with Crippen molar-refractivity contribution in [1.82, 2.24) is 4.31 Å². The summed E-state index contributed by atoms with van der Waals surface area (Å²) in [5, 5.41) is 2.89. The van der Waals surface area contributed by atoms with Gasteiger partial charge in [0.15, 0.2) is 0 Å². The number of carbonyl (C=O) groups is 1. The summed E-state index contributed by atoms with van der Waals surface area (Å²) in [6.45, 7) is 4.17. The Morgan fingerprint density at radius 1 is 0.926 bits per heavy atom. The van der Waals surface area contributed by atoms with E-state index in [4.69, 9.17) is 0 Å². The molecule has 0 saturated carbocycles.